The lowest BCUT2D eigenvalue weighted by molar-refractivity contribution is -0.345. The molecule has 0 aliphatic carbocycles. The molecule has 1 unspecified atom stereocenters. The van der Waals surface area contributed by atoms with Crippen molar-refractivity contribution in [2.24, 2.45) is 5.92 Å². The van der Waals surface area contributed by atoms with Crippen molar-refractivity contribution in [2.45, 2.75) is 110 Å². The Labute approximate surface area is 227 Å². The number of benzene rings is 1. The van der Waals surface area contributed by atoms with Crippen LogP contribution in [0.3, 0.4) is 0 Å². The Balaban J connectivity index is 1.78. The van der Waals surface area contributed by atoms with Crippen LogP contribution in [0.5, 0.6) is 5.75 Å². The molecule has 3 rings (SSSR count). The van der Waals surface area contributed by atoms with Gasteiger partial charge in [-0.1, -0.05) is 20.8 Å². The molecule has 218 valence electrons. The van der Waals surface area contributed by atoms with Crippen LogP contribution in [0, 0.1) is 5.92 Å². The van der Waals surface area contributed by atoms with Crippen molar-refractivity contribution in [1.29, 1.82) is 0 Å². The van der Waals surface area contributed by atoms with E-state index in [4.69, 9.17) is 28.4 Å². The highest BCUT2D eigenvalue weighted by Crippen LogP contribution is 2.36. The van der Waals surface area contributed by atoms with Crippen LogP contribution in [-0.4, -0.2) is 83.4 Å². The molecule has 12 heteroatoms. The molecule has 1 amide bonds. The van der Waals surface area contributed by atoms with Crippen LogP contribution in [0.1, 0.15) is 54.4 Å². The van der Waals surface area contributed by atoms with Crippen molar-refractivity contribution in [3.63, 3.8) is 0 Å². The smallest absolute Gasteiger partial charge is 0.303 e. The molecule has 2 heterocycles. The molecule has 0 bridgehead atoms. The molecule has 2 aliphatic heterocycles. The third kappa shape index (κ3) is 7.67. The number of ether oxygens (including phenoxy) is 6. The molecule has 10 atom stereocenters. The summed E-state index contributed by atoms with van der Waals surface area (Å²) < 4.78 is 35.0. The Kier molecular flexibility index (Phi) is 10.7. The van der Waals surface area contributed by atoms with E-state index in [1.165, 1.54) is 20.8 Å². The van der Waals surface area contributed by atoms with E-state index in [9.17, 15) is 24.6 Å². The van der Waals surface area contributed by atoms with E-state index in [0.29, 0.717) is 24.3 Å². The Bertz CT molecular complexity index is 984. The summed E-state index contributed by atoms with van der Waals surface area (Å²) in [5.74, 6) is -1.34. The fourth-order valence-corrected chi connectivity index (χ4v) is 4.91. The lowest BCUT2D eigenvalue weighted by atomic mass is 9.88. The summed E-state index contributed by atoms with van der Waals surface area (Å²) in [7, 11) is 0. The van der Waals surface area contributed by atoms with Gasteiger partial charge in [0.1, 0.15) is 30.2 Å². The van der Waals surface area contributed by atoms with Gasteiger partial charge in [-0.15, -0.1) is 0 Å². The average Bonchev–Trinajstić information content (AvgIpc) is 2.87. The first-order chi connectivity index (χ1) is 18.4. The zero-order valence-electron chi connectivity index (χ0n) is 23.1. The summed E-state index contributed by atoms with van der Waals surface area (Å²) in [6.45, 7) is 9.43. The topological polar surface area (TPSA) is 159 Å². The highest BCUT2D eigenvalue weighted by Gasteiger charge is 2.52. The van der Waals surface area contributed by atoms with Crippen LogP contribution < -0.4 is 10.1 Å². The molecule has 0 saturated carbocycles. The second-order valence-corrected chi connectivity index (χ2v) is 9.81. The highest BCUT2D eigenvalue weighted by molar-refractivity contribution is 5.88. The molecule has 0 aromatic heterocycles. The zero-order valence-corrected chi connectivity index (χ0v) is 23.1. The minimum Gasteiger partial charge on any atom is -0.462 e. The molecule has 0 spiro atoms. The molecule has 1 aromatic carbocycles. The number of nitrogens with one attached hydrogen (secondary N) is 1. The lowest BCUT2D eigenvalue weighted by Crippen LogP contribution is -2.63. The summed E-state index contributed by atoms with van der Waals surface area (Å²) in [5.41, 5.74) is 0.571. The van der Waals surface area contributed by atoms with Crippen LogP contribution in [0.15, 0.2) is 24.3 Å². The third-order valence-corrected chi connectivity index (χ3v) is 6.77. The SMILES string of the molecule is CC[C@H]1O[C@H](Oc2ccc(NC(C)=O)cc2)[C@@H](O)[C@@H](O)C1O[C@H]1O[C@H](CC)[C@@H](C)[C@H](OC(C)=O)[C@H]1OC(C)=O. The largest absolute Gasteiger partial charge is 0.462 e. The number of carbonyl (C=O) groups is 3. The number of hydrogen-bond donors (Lipinski definition) is 3. The second kappa shape index (κ2) is 13.5. The molecule has 2 aliphatic rings. The van der Waals surface area contributed by atoms with Gasteiger partial charge in [-0.05, 0) is 37.1 Å². The molecule has 0 radical (unpaired) electrons. The van der Waals surface area contributed by atoms with E-state index in [2.05, 4.69) is 5.32 Å². The van der Waals surface area contributed by atoms with Crippen molar-refractivity contribution in [3.8, 4) is 5.75 Å². The van der Waals surface area contributed by atoms with Gasteiger partial charge in [0.15, 0.2) is 12.4 Å². The van der Waals surface area contributed by atoms with Crippen molar-refractivity contribution in [3.05, 3.63) is 24.3 Å². The summed E-state index contributed by atoms with van der Waals surface area (Å²) in [5, 5.41) is 24.6. The first kappa shape index (κ1) is 30.8. The quantitative estimate of drug-likeness (QED) is 0.383. The maximum atomic E-state index is 11.9. The normalized spacial score (nSPS) is 34.6. The fourth-order valence-electron chi connectivity index (χ4n) is 4.91. The van der Waals surface area contributed by atoms with Gasteiger partial charge < -0.3 is 44.0 Å². The van der Waals surface area contributed by atoms with Gasteiger partial charge in [0.25, 0.3) is 0 Å². The molecule has 12 nitrogen and oxygen atoms in total. The number of esters is 2. The maximum absolute atomic E-state index is 11.9. The number of rotatable bonds is 9. The van der Waals surface area contributed by atoms with Gasteiger partial charge >= 0.3 is 11.9 Å². The Morgan fingerprint density at radius 2 is 1.38 bits per heavy atom. The van der Waals surface area contributed by atoms with Crippen molar-refractivity contribution in [1.82, 2.24) is 0 Å². The van der Waals surface area contributed by atoms with E-state index >= 15 is 0 Å². The average molecular weight is 554 g/mol. The summed E-state index contributed by atoms with van der Waals surface area (Å²) in [6.07, 6.45) is -8.62. The highest BCUT2D eigenvalue weighted by atomic mass is 16.7. The van der Waals surface area contributed by atoms with E-state index in [-0.39, 0.29) is 11.8 Å². The van der Waals surface area contributed by atoms with Gasteiger partial charge in [0.2, 0.25) is 12.2 Å². The van der Waals surface area contributed by atoms with Gasteiger partial charge in [-0.25, -0.2) is 0 Å². The summed E-state index contributed by atoms with van der Waals surface area (Å²) >= 11 is 0. The van der Waals surface area contributed by atoms with Crippen LogP contribution in [0.2, 0.25) is 0 Å². The molecule has 3 N–H and O–H groups in total. The first-order valence-electron chi connectivity index (χ1n) is 13.2. The van der Waals surface area contributed by atoms with E-state index in [1.807, 2.05) is 20.8 Å². The van der Waals surface area contributed by atoms with Gasteiger partial charge in [-0.2, -0.15) is 0 Å². The number of amides is 1. The fraction of sp³-hybridized carbons (Fsp3) is 0.667. The summed E-state index contributed by atoms with van der Waals surface area (Å²) in [6, 6.07) is 6.45. The minimum absolute atomic E-state index is 0.216. The maximum Gasteiger partial charge on any atom is 0.303 e. The predicted octanol–water partition coefficient (Wildman–Crippen LogP) is 1.90. The van der Waals surface area contributed by atoms with E-state index in [0.717, 1.165) is 0 Å². The minimum atomic E-state index is -1.51. The molecular weight excluding hydrogens is 514 g/mol. The Morgan fingerprint density at radius 3 is 1.92 bits per heavy atom. The zero-order chi connectivity index (χ0) is 28.9. The number of anilines is 1. The predicted molar refractivity (Wildman–Crippen MR) is 136 cm³/mol. The van der Waals surface area contributed by atoms with Gasteiger partial charge in [0.05, 0.1) is 12.2 Å². The lowest BCUT2D eigenvalue weighted by Gasteiger charge is -2.47. The van der Waals surface area contributed by atoms with Crippen LogP contribution in [0.4, 0.5) is 5.69 Å². The number of hydrogen-bond acceptors (Lipinski definition) is 11. The van der Waals surface area contributed by atoms with Crippen LogP contribution >= 0.6 is 0 Å². The molecule has 39 heavy (non-hydrogen) atoms. The van der Waals surface area contributed by atoms with Crippen LogP contribution in [0.25, 0.3) is 0 Å². The number of carbonyl (C=O) groups excluding carboxylic acids is 3. The van der Waals surface area contributed by atoms with Crippen molar-refractivity contribution < 1.29 is 53.0 Å². The van der Waals surface area contributed by atoms with Gasteiger partial charge in [0, 0.05) is 32.4 Å². The number of aliphatic hydroxyl groups is 2. The molecule has 2 fully saturated rings. The molecule has 1 aromatic rings. The Morgan fingerprint density at radius 1 is 0.821 bits per heavy atom. The van der Waals surface area contributed by atoms with Crippen molar-refractivity contribution >= 4 is 23.5 Å². The van der Waals surface area contributed by atoms with E-state index < -0.39 is 67.2 Å². The standard InChI is InChI=1S/C27H39NO11/c1-7-19-13(3)23(34-15(5)30)25(35-16(6)31)27(37-19)39-24-20(8-2)38-26(22(33)21(24)32)36-18-11-9-17(10-12-18)28-14(4)29/h9-13,19-27,32-33H,7-8H2,1-6H3,(H,28,29)/t13-,19-,20-,21-,22+,23+,24?,25-,26+,27-/m1/s1. The Hall–Kier alpha value is -2.77. The third-order valence-electron chi connectivity index (χ3n) is 6.77. The summed E-state index contributed by atoms with van der Waals surface area (Å²) in [4.78, 5) is 35.0. The van der Waals surface area contributed by atoms with Crippen LogP contribution in [-0.2, 0) is 38.1 Å². The first-order valence-corrected chi connectivity index (χ1v) is 13.2. The van der Waals surface area contributed by atoms with E-state index in [1.54, 1.807) is 24.3 Å². The second-order valence-electron chi connectivity index (χ2n) is 9.81. The number of aliphatic hydroxyl groups excluding tert-OH is 2. The van der Waals surface area contributed by atoms with Crippen molar-refractivity contribution in [2.75, 3.05) is 5.32 Å². The molecular formula is C27H39NO11. The molecule has 2 saturated heterocycles. The van der Waals surface area contributed by atoms with Gasteiger partial charge in [-0.3, -0.25) is 14.4 Å². The monoisotopic (exact) mass is 553 g/mol.